The van der Waals surface area contributed by atoms with Gasteiger partial charge < -0.3 is 14.2 Å². The molecule has 2 aromatic carbocycles. The molecule has 7 heteroatoms. The van der Waals surface area contributed by atoms with Gasteiger partial charge in [-0.2, -0.15) is 10.2 Å². The highest BCUT2D eigenvalue weighted by Crippen LogP contribution is 2.22. The van der Waals surface area contributed by atoms with Crippen LogP contribution in [0.15, 0.2) is 70.9 Å². The normalized spacial score (nSPS) is 10.8. The molecule has 7 nitrogen and oxygen atoms in total. The summed E-state index contributed by atoms with van der Waals surface area (Å²) in [6.45, 7) is 8.86. The van der Waals surface area contributed by atoms with Crippen molar-refractivity contribution in [2.45, 2.75) is 65.2 Å². The van der Waals surface area contributed by atoms with E-state index in [1.165, 1.54) is 0 Å². The second-order valence-electron chi connectivity index (χ2n) is 8.62. The summed E-state index contributed by atoms with van der Waals surface area (Å²) in [6.07, 6.45) is 8.04. The molecule has 0 bridgehead atoms. The van der Waals surface area contributed by atoms with Crippen molar-refractivity contribution in [1.82, 2.24) is 0 Å². The summed E-state index contributed by atoms with van der Waals surface area (Å²) in [5, 5.41) is 8.47. The van der Waals surface area contributed by atoms with E-state index in [1.807, 2.05) is 24.3 Å². The Kier molecular flexibility index (Phi) is 13.6. The number of rotatable bonds is 17. The molecule has 0 saturated heterocycles. The van der Waals surface area contributed by atoms with E-state index in [2.05, 4.69) is 23.7 Å². The van der Waals surface area contributed by atoms with Gasteiger partial charge in [0.05, 0.1) is 36.8 Å². The first-order valence-corrected chi connectivity index (χ1v) is 12.7. The van der Waals surface area contributed by atoms with Gasteiger partial charge in [-0.25, -0.2) is 9.59 Å². The molecular weight excluding hydrogens is 456 g/mol. The van der Waals surface area contributed by atoms with Crippen LogP contribution in [0.4, 0.5) is 11.4 Å². The van der Waals surface area contributed by atoms with Crippen LogP contribution in [0, 0.1) is 0 Å². The van der Waals surface area contributed by atoms with E-state index in [-0.39, 0.29) is 11.9 Å². The summed E-state index contributed by atoms with van der Waals surface area (Å²) in [4.78, 5) is 23.4. The van der Waals surface area contributed by atoms with Crippen molar-refractivity contribution in [3.8, 4) is 5.75 Å². The minimum atomic E-state index is -0.329. The Hall–Kier alpha value is -3.48. The van der Waals surface area contributed by atoms with Crippen LogP contribution in [0.2, 0.25) is 0 Å². The molecule has 0 spiro atoms. The highest BCUT2D eigenvalue weighted by molar-refractivity contribution is 5.89. The highest BCUT2D eigenvalue weighted by Gasteiger charge is 2.06. The Morgan fingerprint density at radius 2 is 1.25 bits per heavy atom. The lowest BCUT2D eigenvalue weighted by Crippen LogP contribution is -2.06. The minimum Gasteiger partial charge on any atom is -0.494 e. The molecule has 0 saturated carbocycles. The fourth-order valence-electron chi connectivity index (χ4n) is 3.20. The molecule has 36 heavy (non-hydrogen) atoms. The summed E-state index contributed by atoms with van der Waals surface area (Å²) in [5.41, 5.74) is 2.31. The van der Waals surface area contributed by atoms with Gasteiger partial charge in [-0.05, 0) is 87.6 Å². The number of hydrogen-bond acceptors (Lipinski definition) is 7. The standard InChI is InChI=1S/C29H38N2O5/c1-4-5-6-9-22-36-29(33)24-12-14-25(15-13-24)30-31-26-16-18-27(19-17-26)34-20-10-7-8-11-21-35-28(32)23(2)3/h12-19H,2,4-11,20-22H2,1,3H3. The first-order chi connectivity index (χ1) is 17.5. The largest absolute Gasteiger partial charge is 0.494 e. The average Bonchev–Trinajstić information content (AvgIpc) is 2.89. The quantitative estimate of drug-likeness (QED) is 0.0965. The zero-order chi connectivity index (χ0) is 26.0. The van der Waals surface area contributed by atoms with Crippen molar-refractivity contribution >= 4 is 23.3 Å². The number of carbonyl (C=O) groups excluding carboxylic acids is 2. The van der Waals surface area contributed by atoms with Crippen molar-refractivity contribution in [3.63, 3.8) is 0 Å². The van der Waals surface area contributed by atoms with Gasteiger partial charge in [0, 0.05) is 5.57 Å². The molecule has 0 radical (unpaired) electrons. The van der Waals surface area contributed by atoms with Crippen molar-refractivity contribution < 1.29 is 23.8 Å². The van der Waals surface area contributed by atoms with Gasteiger partial charge in [0.15, 0.2) is 0 Å². The zero-order valence-corrected chi connectivity index (χ0v) is 21.5. The maximum absolute atomic E-state index is 12.1. The number of esters is 2. The zero-order valence-electron chi connectivity index (χ0n) is 21.5. The monoisotopic (exact) mass is 494 g/mol. The molecule has 0 aromatic heterocycles. The SMILES string of the molecule is C=C(C)C(=O)OCCCCCCOc1ccc(N=Nc2ccc(C(=O)OCCCCCC)cc2)cc1. The summed E-state index contributed by atoms with van der Waals surface area (Å²) in [5.74, 6) is 0.140. The molecule has 0 N–H and O–H groups in total. The predicted molar refractivity (Wildman–Crippen MR) is 141 cm³/mol. The number of unbranched alkanes of at least 4 members (excludes halogenated alkanes) is 6. The topological polar surface area (TPSA) is 86.5 Å². The van der Waals surface area contributed by atoms with E-state index in [1.54, 1.807) is 31.2 Å². The van der Waals surface area contributed by atoms with Crippen LogP contribution in [-0.4, -0.2) is 31.8 Å². The summed E-state index contributed by atoms with van der Waals surface area (Å²) in [7, 11) is 0. The maximum atomic E-state index is 12.1. The molecular formula is C29H38N2O5. The Bertz CT molecular complexity index is 968. The van der Waals surface area contributed by atoms with Gasteiger partial charge in [0.25, 0.3) is 0 Å². The van der Waals surface area contributed by atoms with Gasteiger partial charge in [-0.3, -0.25) is 0 Å². The number of hydrogen-bond donors (Lipinski definition) is 0. The molecule has 0 aliphatic heterocycles. The van der Waals surface area contributed by atoms with Crippen LogP contribution in [0.3, 0.4) is 0 Å². The van der Waals surface area contributed by atoms with Gasteiger partial charge in [-0.15, -0.1) is 0 Å². The van der Waals surface area contributed by atoms with E-state index < -0.39 is 0 Å². The van der Waals surface area contributed by atoms with Crippen LogP contribution in [-0.2, 0) is 14.3 Å². The molecule has 2 rings (SSSR count). The average molecular weight is 495 g/mol. The van der Waals surface area contributed by atoms with Gasteiger partial charge >= 0.3 is 11.9 Å². The fourth-order valence-corrected chi connectivity index (χ4v) is 3.20. The van der Waals surface area contributed by atoms with E-state index in [0.29, 0.717) is 42.3 Å². The summed E-state index contributed by atoms with van der Waals surface area (Å²) < 4.78 is 16.1. The van der Waals surface area contributed by atoms with Crippen molar-refractivity contribution in [2.75, 3.05) is 19.8 Å². The third kappa shape index (κ3) is 11.8. The Morgan fingerprint density at radius 1 is 0.722 bits per heavy atom. The van der Waals surface area contributed by atoms with Crippen LogP contribution in [0.5, 0.6) is 5.75 Å². The van der Waals surface area contributed by atoms with Gasteiger partial charge in [0.2, 0.25) is 0 Å². The number of nitrogens with zero attached hydrogens (tertiary/aromatic N) is 2. The number of azo groups is 1. The fraction of sp³-hybridized carbons (Fsp3) is 0.448. The number of carbonyl (C=O) groups is 2. The third-order valence-corrected chi connectivity index (χ3v) is 5.34. The molecule has 2 aromatic rings. The van der Waals surface area contributed by atoms with Crippen LogP contribution >= 0.6 is 0 Å². The Labute approximate surface area is 214 Å². The van der Waals surface area contributed by atoms with Crippen LogP contribution in [0.1, 0.15) is 75.6 Å². The lowest BCUT2D eigenvalue weighted by Gasteiger charge is -2.07. The molecule has 0 fully saturated rings. The first-order valence-electron chi connectivity index (χ1n) is 12.7. The lowest BCUT2D eigenvalue weighted by molar-refractivity contribution is -0.139. The second-order valence-corrected chi connectivity index (χ2v) is 8.62. The molecule has 0 atom stereocenters. The molecule has 0 unspecified atom stereocenters. The Balaban J connectivity index is 1.64. The Morgan fingerprint density at radius 3 is 1.83 bits per heavy atom. The highest BCUT2D eigenvalue weighted by atomic mass is 16.5. The van der Waals surface area contributed by atoms with E-state index >= 15 is 0 Å². The van der Waals surface area contributed by atoms with Crippen molar-refractivity contribution in [2.24, 2.45) is 10.2 Å². The maximum Gasteiger partial charge on any atom is 0.338 e. The van der Waals surface area contributed by atoms with E-state index in [4.69, 9.17) is 14.2 Å². The van der Waals surface area contributed by atoms with Crippen molar-refractivity contribution in [3.05, 3.63) is 66.2 Å². The smallest absolute Gasteiger partial charge is 0.338 e. The molecule has 0 aliphatic carbocycles. The lowest BCUT2D eigenvalue weighted by atomic mass is 10.2. The van der Waals surface area contributed by atoms with Crippen LogP contribution in [0.25, 0.3) is 0 Å². The summed E-state index contributed by atoms with van der Waals surface area (Å²) in [6, 6.07) is 14.3. The number of benzene rings is 2. The van der Waals surface area contributed by atoms with E-state index in [0.717, 1.165) is 57.1 Å². The van der Waals surface area contributed by atoms with E-state index in [9.17, 15) is 9.59 Å². The van der Waals surface area contributed by atoms with Gasteiger partial charge in [-0.1, -0.05) is 32.8 Å². The first kappa shape index (κ1) is 28.8. The number of ether oxygens (including phenoxy) is 3. The minimum absolute atomic E-state index is 0.310. The van der Waals surface area contributed by atoms with Crippen molar-refractivity contribution in [1.29, 1.82) is 0 Å². The second kappa shape index (κ2) is 17.0. The molecule has 194 valence electrons. The molecule has 0 amide bonds. The predicted octanol–water partition coefficient (Wildman–Crippen LogP) is 7.90. The van der Waals surface area contributed by atoms with Crippen LogP contribution < -0.4 is 4.74 Å². The molecule has 0 aliphatic rings. The molecule has 0 heterocycles. The third-order valence-electron chi connectivity index (χ3n) is 5.34. The summed E-state index contributed by atoms with van der Waals surface area (Å²) >= 11 is 0. The van der Waals surface area contributed by atoms with Gasteiger partial charge in [0.1, 0.15) is 5.75 Å².